The number of fused-ring (bicyclic) bond motifs is 7. The molecule has 0 amide bonds. The predicted molar refractivity (Wildman–Crippen MR) is 98.5 cm³/mol. The summed E-state index contributed by atoms with van der Waals surface area (Å²) in [6.45, 7) is 0. The number of hydrogen-bond acceptors (Lipinski definition) is 4. The molecule has 4 nitrogen and oxygen atoms in total. The van der Waals surface area contributed by atoms with Gasteiger partial charge < -0.3 is 0 Å². The maximum atomic E-state index is 13.4. The number of benzene rings is 2. The summed E-state index contributed by atoms with van der Waals surface area (Å²) < 4.78 is 53.7. The lowest BCUT2D eigenvalue weighted by Gasteiger charge is -2.30. The van der Waals surface area contributed by atoms with Crippen LogP contribution in [-0.2, 0) is 32.5 Å². The molecule has 0 spiro atoms. The van der Waals surface area contributed by atoms with E-state index in [1.54, 1.807) is 12.1 Å². The molecule has 6 heteroatoms. The van der Waals surface area contributed by atoms with Gasteiger partial charge in [-0.2, -0.15) is 0 Å². The average Bonchev–Trinajstić information content (AvgIpc) is 2.66. The molecular formula is C20H16O4S2. The molecule has 2 aliphatic carbocycles. The van der Waals surface area contributed by atoms with Crippen molar-refractivity contribution in [1.29, 1.82) is 0 Å². The lowest BCUT2D eigenvalue weighted by molar-refractivity contribution is 0.566. The Bertz CT molecular complexity index is 1150. The van der Waals surface area contributed by atoms with Gasteiger partial charge in [0.1, 0.15) is 0 Å². The van der Waals surface area contributed by atoms with Crippen LogP contribution in [-0.4, -0.2) is 16.8 Å². The van der Waals surface area contributed by atoms with Crippen LogP contribution in [0.5, 0.6) is 0 Å². The van der Waals surface area contributed by atoms with E-state index in [-0.39, 0.29) is 19.6 Å². The van der Waals surface area contributed by atoms with Gasteiger partial charge in [0.05, 0.1) is 19.6 Å². The lowest BCUT2D eigenvalue weighted by Crippen LogP contribution is -2.25. The summed E-state index contributed by atoms with van der Waals surface area (Å²) >= 11 is 0. The van der Waals surface area contributed by atoms with Gasteiger partial charge >= 0.3 is 0 Å². The molecule has 0 saturated heterocycles. The molecule has 0 N–H and O–H groups in total. The van der Waals surface area contributed by atoms with Gasteiger partial charge in [-0.25, -0.2) is 16.8 Å². The number of allylic oxidation sites excluding steroid dienone is 2. The molecule has 0 saturated carbocycles. The maximum Gasteiger partial charge on any atom is 0.209 e. The Morgan fingerprint density at radius 1 is 0.654 bits per heavy atom. The number of sulfone groups is 2. The Hall–Kier alpha value is -2.18. The summed E-state index contributed by atoms with van der Waals surface area (Å²) in [6, 6.07) is 5.94. The zero-order chi connectivity index (χ0) is 18.1. The summed E-state index contributed by atoms with van der Waals surface area (Å²) in [4.78, 5) is -0.166. The molecule has 2 aromatic carbocycles. The molecule has 26 heavy (non-hydrogen) atoms. The third kappa shape index (κ3) is 1.89. The van der Waals surface area contributed by atoms with Gasteiger partial charge in [0.25, 0.3) is 0 Å². The minimum atomic E-state index is -3.88. The fourth-order valence-corrected chi connectivity index (χ4v) is 9.01. The van der Waals surface area contributed by atoms with Crippen molar-refractivity contribution in [3.8, 4) is 0 Å². The van der Waals surface area contributed by atoms with Crippen molar-refractivity contribution in [3.63, 3.8) is 0 Å². The highest BCUT2D eigenvalue weighted by molar-refractivity contribution is 7.97. The van der Waals surface area contributed by atoms with Crippen LogP contribution in [0.2, 0.25) is 0 Å². The summed E-state index contributed by atoms with van der Waals surface area (Å²) in [6.07, 6.45) is 10.4. The zero-order valence-electron chi connectivity index (χ0n) is 13.9. The van der Waals surface area contributed by atoms with E-state index in [1.165, 1.54) is 12.1 Å². The monoisotopic (exact) mass is 384 g/mol. The molecular weight excluding hydrogens is 368 g/mol. The largest absolute Gasteiger partial charge is 0.218 e. The first-order valence-electron chi connectivity index (χ1n) is 8.58. The second-order valence-electron chi connectivity index (χ2n) is 6.78. The molecule has 0 radical (unpaired) electrons. The quantitative estimate of drug-likeness (QED) is 0.594. The zero-order valence-corrected chi connectivity index (χ0v) is 15.5. The van der Waals surface area contributed by atoms with E-state index >= 15 is 0 Å². The van der Waals surface area contributed by atoms with Crippen molar-refractivity contribution < 1.29 is 16.8 Å². The van der Waals surface area contributed by atoms with E-state index in [9.17, 15) is 16.8 Å². The predicted octanol–water partition coefficient (Wildman–Crippen LogP) is 3.58. The lowest BCUT2D eigenvalue weighted by atomic mass is 9.86. The highest BCUT2D eigenvalue weighted by Gasteiger charge is 2.44. The van der Waals surface area contributed by atoms with Gasteiger partial charge in [0.2, 0.25) is 19.7 Å². The number of rotatable bonds is 0. The van der Waals surface area contributed by atoms with Crippen molar-refractivity contribution in [3.05, 3.63) is 58.7 Å². The van der Waals surface area contributed by atoms with E-state index in [0.717, 1.165) is 11.1 Å². The number of hydrogen-bond donors (Lipinski definition) is 0. The van der Waals surface area contributed by atoms with Crippen LogP contribution >= 0.6 is 0 Å². The van der Waals surface area contributed by atoms with E-state index in [0.29, 0.717) is 36.8 Å². The van der Waals surface area contributed by atoms with Crippen LogP contribution in [0.25, 0.3) is 12.2 Å². The standard InChI is InChI=1S/C20H16O4S2/c21-25(22)17-11-5-6-12-18(17)26(23,24)20-16-10-4-2-8-14(16)13-7-1-3-9-15(13)19(20)25/h1-2,5-8,11-12H,3-4,9-10H2. The molecule has 0 fully saturated rings. The van der Waals surface area contributed by atoms with Crippen molar-refractivity contribution >= 4 is 31.8 Å². The molecule has 0 bridgehead atoms. The van der Waals surface area contributed by atoms with Crippen molar-refractivity contribution in [2.75, 3.05) is 0 Å². The molecule has 132 valence electrons. The SMILES string of the molecule is O=S1(=O)c2ccccc2S(=O)(=O)c2c3c(c4c(c21)CCC=C4)C=CCC3. The fourth-order valence-electron chi connectivity index (χ4n) is 4.26. The second-order valence-corrected chi connectivity index (χ2v) is 10.5. The van der Waals surface area contributed by atoms with Crippen LogP contribution in [0.4, 0.5) is 0 Å². The third-order valence-corrected chi connectivity index (χ3v) is 9.46. The van der Waals surface area contributed by atoms with Gasteiger partial charge in [0, 0.05) is 0 Å². The van der Waals surface area contributed by atoms with Gasteiger partial charge in [-0.05, 0) is 60.1 Å². The van der Waals surface area contributed by atoms with E-state index in [4.69, 9.17) is 0 Å². The summed E-state index contributed by atoms with van der Waals surface area (Å²) in [5, 5.41) is 0. The van der Waals surface area contributed by atoms with E-state index in [2.05, 4.69) is 0 Å². The summed E-state index contributed by atoms with van der Waals surface area (Å²) in [7, 11) is -7.77. The molecule has 5 rings (SSSR count). The highest BCUT2D eigenvalue weighted by Crippen LogP contribution is 2.48. The van der Waals surface area contributed by atoms with Gasteiger partial charge in [0.15, 0.2) is 0 Å². The molecule has 3 aliphatic rings. The normalized spacial score (nSPS) is 20.6. The Morgan fingerprint density at radius 3 is 1.50 bits per heavy atom. The first-order valence-corrected chi connectivity index (χ1v) is 11.5. The van der Waals surface area contributed by atoms with Gasteiger partial charge in [-0.15, -0.1) is 0 Å². The van der Waals surface area contributed by atoms with Crippen molar-refractivity contribution in [2.24, 2.45) is 0 Å². The maximum absolute atomic E-state index is 13.4. The van der Waals surface area contributed by atoms with Crippen LogP contribution in [0.3, 0.4) is 0 Å². The first-order chi connectivity index (χ1) is 12.4. The van der Waals surface area contributed by atoms with E-state index < -0.39 is 19.7 Å². The topological polar surface area (TPSA) is 68.3 Å². The second kappa shape index (κ2) is 5.18. The van der Waals surface area contributed by atoms with Crippen LogP contribution in [0.1, 0.15) is 35.1 Å². The third-order valence-electron chi connectivity index (χ3n) is 5.35. The Balaban J connectivity index is 2.06. The molecule has 2 aromatic rings. The Labute approximate surface area is 152 Å². The molecule has 1 aliphatic heterocycles. The molecule has 0 aromatic heterocycles. The van der Waals surface area contributed by atoms with Crippen LogP contribution in [0, 0.1) is 0 Å². The van der Waals surface area contributed by atoms with Gasteiger partial charge in [-0.3, -0.25) is 0 Å². The summed E-state index contributed by atoms with van der Waals surface area (Å²) in [5.41, 5.74) is 3.01. The average molecular weight is 384 g/mol. The minimum absolute atomic E-state index is 0.0181. The minimum Gasteiger partial charge on any atom is -0.218 e. The van der Waals surface area contributed by atoms with Crippen LogP contribution < -0.4 is 0 Å². The van der Waals surface area contributed by atoms with Crippen molar-refractivity contribution in [2.45, 2.75) is 45.3 Å². The van der Waals surface area contributed by atoms with Gasteiger partial charge in [-0.1, -0.05) is 36.4 Å². The summed E-state index contributed by atoms with van der Waals surface area (Å²) in [5.74, 6) is 0. The Morgan fingerprint density at radius 2 is 1.08 bits per heavy atom. The molecule has 0 atom stereocenters. The Kier molecular flexibility index (Phi) is 3.19. The highest BCUT2D eigenvalue weighted by atomic mass is 32.2. The first kappa shape index (κ1) is 16.0. The van der Waals surface area contributed by atoms with E-state index in [1.807, 2.05) is 24.3 Å². The smallest absolute Gasteiger partial charge is 0.209 e. The van der Waals surface area contributed by atoms with Crippen molar-refractivity contribution in [1.82, 2.24) is 0 Å². The van der Waals surface area contributed by atoms with Crippen LogP contribution in [0.15, 0.2) is 56.0 Å². The molecule has 0 unspecified atom stereocenters. The molecule has 1 heterocycles. The fraction of sp³-hybridized carbons (Fsp3) is 0.200.